The van der Waals surface area contributed by atoms with E-state index in [4.69, 9.17) is 0 Å². The van der Waals surface area contributed by atoms with Crippen LogP contribution in [0.3, 0.4) is 0 Å². The van der Waals surface area contributed by atoms with Gasteiger partial charge in [-0.25, -0.2) is 4.98 Å². The maximum Gasteiger partial charge on any atom is 0.287 e. The van der Waals surface area contributed by atoms with Gasteiger partial charge in [-0.15, -0.1) is 0 Å². The average molecular weight is 390 g/mol. The van der Waals surface area contributed by atoms with Crippen LogP contribution in [0.15, 0.2) is 48.7 Å². The van der Waals surface area contributed by atoms with Crippen molar-refractivity contribution in [2.75, 3.05) is 5.32 Å². The Balaban J connectivity index is 1.60. The van der Waals surface area contributed by atoms with Crippen molar-refractivity contribution in [3.8, 4) is 0 Å². The molecule has 0 atom stereocenters. The molecule has 2 N–H and O–H groups in total. The lowest BCUT2D eigenvalue weighted by atomic mass is 10.1. The Bertz CT molecular complexity index is 1080. The van der Waals surface area contributed by atoms with Gasteiger partial charge in [0.1, 0.15) is 0 Å². The summed E-state index contributed by atoms with van der Waals surface area (Å²) in [5.41, 5.74) is 1.86. The first-order valence-electron chi connectivity index (χ1n) is 9.73. The fourth-order valence-electron chi connectivity index (χ4n) is 3.66. The summed E-state index contributed by atoms with van der Waals surface area (Å²) in [7, 11) is 0. The van der Waals surface area contributed by atoms with Gasteiger partial charge < -0.3 is 10.6 Å². The Hall–Kier alpha value is -3.48. The van der Waals surface area contributed by atoms with E-state index in [0.29, 0.717) is 16.8 Å². The summed E-state index contributed by atoms with van der Waals surface area (Å²) >= 11 is 0. The van der Waals surface area contributed by atoms with Crippen molar-refractivity contribution >= 4 is 28.8 Å². The van der Waals surface area contributed by atoms with E-state index in [2.05, 4.69) is 15.6 Å². The van der Waals surface area contributed by atoms with Crippen LogP contribution in [0.25, 0.3) is 5.52 Å². The van der Waals surface area contributed by atoms with Crippen molar-refractivity contribution in [2.24, 2.45) is 0 Å². The van der Waals surface area contributed by atoms with Crippen LogP contribution < -0.4 is 10.6 Å². The number of aromatic nitrogens is 2. The summed E-state index contributed by atoms with van der Waals surface area (Å²) in [5, 5.41) is 5.80. The largest absolute Gasteiger partial charge is 0.347 e. The van der Waals surface area contributed by atoms with Crippen molar-refractivity contribution in [2.45, 2.75) is 38.6 Å². The summed E-state index contributed by atoms with van der Waals surface area (Å²) < 4.78 is 1.64. The molecule has 0 saturated heterocycles. The summed E-state index contributed by atoms with van der Waals surface area (Å²) in [6.07, 6.45) is 5.90. The summed E-state index contributed by atoms with van der Waals surface area (Å²) in [5.74, 6) is -0.530. The van der Waals surface area contributed by atoms with E-state index >= 15 is 0 Å². The molecule has 29 heavy (non-hydrogen) atoms. The molecule has 1 aliphatic carbocycles. The van der Waals surface area contributed by atoms with E-state index in [1.807, 2.05) is 0 Å². The van der Waals surface area contributed by atoms with Crippen molar-refractivity contribution in [3.63, 3.8) is 0 Å². The second-order valence-corrected chi connectivity index (χ2v) is 7.28. The molecule has 1 saturated carbocycles. The number of nitrogens with zero attached hydrogens (tertiary/aromatic N) is 2. The number of imidazole rings is 1. The monoisotopic (exact) mass is 390 g/mol. The lowest BCUT2D eigenvalue weighted by Gasteiger charge is -2.10. The van der Waals surface area contributed by atoms with Gasteiger partial charge in [0.15, 0.2) is 11.5 Å². The van der Waals surface area contributed by atoms with Crippen molar-refractivity contribution in [3.05, 3.63) is 65.7 Å². The van der Waals surface area contributed by atoms with Gasteiger partial charge in [0.25, 0.3) is 11.8 Å². The van der Waals surface area contributed by atoms with Crippen LogP contribution >= 0.6 is 0 Å². The number of ketones is 1. The number of carbonyl (C=O) groups excluding carboxylic acids is 3. The highest BCUT2D eigenvalue weighted by Gasteiger charge is 2.24. The third-order valence-electron chi connectivity index (χ3n) is 5.21. The number of amides is 2. The van der Waals surface area contributed by atoms with Crippen molar-refractivity contribution in [1.29, 1.82) is 0 Å². The van der Waals surface area contributed by atoms with Crippen molar-refractivity contribution in [1.82, 2.24) is 14.7 Å². The fraction of sp³-hybridized carbons (Fsp3) is 0.273. The third-order valence-corrected chi connectivity index (χ3v) is 5.21. The van der Waals surface area contributed by atoms with Crippen LogP contribution in [-0.4, -0.2) is 33.0 Å². The quantitative estimate of drug-likeness (QED) is 0.653. The Morgan fingerprint density at radius 2 is 1.72 bits per heavy atom. The first-order chi connectivity index (χ1) is 14.0. The predicted molar refractivity (Wildman–Crippen MR) is 109 cm³/mol. The SMILES string of the molecule is CC(=O)c1ccc(NC(=O)c2nc(C(=O)NC3CCCC3)n3ccccc23)cc1. The first kappa shape index (κ1) is 18.9. The smallest absolute Gasteiger partial charge is 0.287 e. The topological polar surface area (TPSA) is 92.6 Å². The van der Waals surface area contributed by atoms with Crippen LogP contribution in [0.2, 0.25) is 0 Å². The minimum absolute atomic E-state index is 0.0408. The molecule has 0 aliphatic heterocycles. The van der Waals surface area contributed by atoms with Gasteiger partial charge in [0.05, 0.1) is 5.52 Å². The standard InChI is InChI=1S/C22H22N4O3/c1-14(27)15-9-11-17(12-10-15)23-21(28)19-18-8-4-5-13-26(18)20(25-19)22(29)24-16-6-2-3-7-16/h4-5,8-13,16H,2-3,6-7H2,1H3,(H,23,28)(H,24,29). The Morgan fingerprint density at radius 1 is 1.00 bits per heavy atom. The Kier molecular flexibility index (Phi) is 5.12. The van der Waals surface area contributed by atoms with E-state index in [1.165, 1.54) is 6.92 Å². The minimum atomic E-state index is -0.413. The van der Waals surface area contributed by atoms with Crippen LogP contribution in [0, 0.1) is 0 Å². The van der Waals surface area contributed by atoms with Crippen molar-refractivity contribution < 1.29 is 14.4 Å². The molecule has 7 heteroatoms. The second kappa shape index (κ2) is 7.87. The summed E-state index contributed by atoms with van der Waals surface area (Å²) in [6, 6.07) is 12.2. The molecule has 4 rings (SSSR count). The third kappa shape index (κ3) is 3.89. The minimum Gasteiger partial charge on any atom is -0.347 e. The molecule has 2 heterocycles. The number of carbonyl (C=O) groups is 3. The maximum absolute atomic E-state index is 12.8. The predicted octanol–water partition coefficient (Wildman–Crippen LogP) is 3.46. The Morgan fingerprint density at radius 3 is 2.41 bits per heavy atom. The molecule has 2 aromatic heterocycles. The molecule has 0 unspecified atom stereocenters. The van der Waals surface area contributed by atoms with Gasteiger partial charge in [-0.1, -0.05) is 18.9 Å². The number of rotatable bonds is 5. The van der Waals surface area contributed by atoms with Gasteiger partial charge >= 0.3 is 0 Å². The lowest BCUT2D eigenvalue weighted by Crippen LogP contribution is -2.33. The van der Waals surface area contributed by atoms with Crippen LogP contribution in [0.4, 0.5) is 5.69 Å². The first-order valence-corrected chi connectivity index (χ1v) is 9.73. The number of anilines is 1. The Labute approximate surface area is 168 Å². The number of nitrogens with one attached hydrogen (secondary N) is 2. The zero-order valence-electron chi connectivity index (χ0n) is 16.1. The lowest BCUT2D eigenvalue weighted by molar-refractivity contribution is 0.0926. The zero-order valence-corrected chi connectivity index (χ0v) is 16.1. The highest BCUT2D eigenvalue weighted by molar-refractivity contribution is 6.09. The van der Waals surface area contributed by atoms with E-state index in [1.54, 1.807) is 53.1 Å². The van der Waals surface area contributed by atoms with Gasteiger partial charge in [-0.2, -0.15) is 0 Å². The zero-order chi connectivity index (χ0) is 20.4. The van der Waals surface area contributed by atoms with Crippen LogP contribution in [0.5, 0.6) is 0 Å². The number of fused-ring (bicyclic) bond motifs is 1. The molecule has 1 aliphatic rings. The summed E-state index contributed by atoms with van der Waals surface area (Å²) in [6.45, 7) is 1.49. The van der Waals surface area contributed by atoms with Crippen LogP contribution in [0.1, 0.15) is 64.1 Å². The second-order valence-electron chi connectivity index (χ2n) is 7.28. The molecular formula is C22H22N4O3. The van der Waals surface area contributed by atoms with Crippen LogP contribution in [-0.2, 0) is 0 Å². The number of hydrogen-bond acceptors (Lipinski definition) is 4. The molecule has 2 amide bonds. The molecule has 3 aromatic rings. The number of hydrogen-bond donors (Lipinski definition) is 2. The molecule has 7 nitrogen and oxygen atoms in total. The van der Waals surface area contributed by atoms with Gasteiger partial charge in [-0.3, -0.25) is 18.8 Å². The maximum atomic E-state index is 12.8. The van der Waals surface area contributed by atoms with E-state index in [-0.39, 0.29) is 29.3 Å². The normalized spacial score (nSPS) is 14.1. The summed E-state index contributed by atoms with van der Waals surface area (Å²) in [4.78, 5) is 41.4. The molecule has 1 fully saturated rings. The van der Waals surface area contributed by atoms with E-state index in [0.717, 1.165) is 25.7 Å². The van der Waals surface area contributed by atoms with Gasteiger partial charge in [-0.05, 0) is 56.2 Å². The van der Waals surface area contributed by atoms with E-state index < -0.39 is 5.91 Å². The highest BCUT2D eigenvalue weighted by atomic mass is 16.2. The fourth-order valence-corrected chi connectivity index (χ4v) is 3.66. The molecule has 1 aromatic carbocycles. The molecular weight excluding hydrogens is 368 g/mol. The molecule has 0 spiro atoms. The number of Topliss-reactive ketones (excluding diaryl/α,β-unsaturated/α-hetero) is 1. The van der Waals surface area contributed by atoms with E-state index in [9.17, 15) is 14.4 Å². The van der Waals surface area contributed by atoms with Gasteiger partial charge in [0.2, 0.25) is 5.82 Å². The van der Waals surface area contributed by atoms with Gasteiger partial charge in [0, 0.05) is 23.5 Å². The highest BCUT2D eigenvalue weighted by Crippen LogP contribution is 2.20. The molecule has 0 radical (unpaired) electrons. The number of benzene rings is 1. The average Bonchev–Trinajstić information content (AvgIpc) is 3.36. The molecule has 148 valence electrons. The number of pyridine rings is 1. The molecule has 0 bridgehead atoms.